The Morgan fingerprint density at radius 2 is 1.03 bits per heavy atom. The molecule has 3 rings (SSSR count). The van der Waals surface area contributed by atoms with Gasteiger partial charge in [0.05, 0.1) is 18.9 Å². The third-order valence-electron chi connectivity index (χ3n) is 6.17. The maximum absolute atomic E-state index is 5.95. The summed E-state index contributed by atoms with van der Waals surface area (Å²) < 4.78 is 11.3. The minimum Gasteiger partial charge on any atom is -0.494 e. The van der Waals surface area contributed by atoms with Gasteiger partial charge in [-0.25, -0.2) is 0 Å². The topological polar surface area (TPSA) is 123 Å². The van der Waals surface area contributed by atoms with Crippen LogP contribution in [0.5, 0.6) is 11.5 Å². The Hall–Kier alpha value is -3.54. The zero-order valence-electron chi connectivity index (χ0n) is 24.1. The average molecular weight is 521 g/mol. The standard InChI is InChI=1S/C18H25N3O2.C14H23N/c19-14-5-8-16(9-6-14)22-11-3-1-2-4-12-23-18-10-7-15(20)13-17(18)21;1-13(2,3)10-7-11(14(4,5)6)9-12(15)8-10/h5-10,13H,1-4,11-12,19-21H2;7-9H,15H2,1-6H3. The number of ether oxygens (including phenoxy) is 2. The van der Waals surface area contributed by atoms with E-state index in [-0.39, 0.29) is 10.8 Å². The highest BCUT2D eigenvalue weighted by atomic mass is 16.5. The van der Waals surface area contributed by atoms with Crippen molar-refractivity contribution < 1.29 is 9.47 Å². The molecular weight excluding hydrogens is 472 g/mol. The minimum absolute atomic E-state index is 0.162. The van der Waals surface area contributed by atoms with Gasteiger partial charge in [-0.1, -0.05) is 47.6 Å². The van der Waals surface area contributed by atoms with Crippen LogP contribution >= 0.6 is 0 Å². The fraction of sp³-hybridized carbons (Fsp3) is 0.438. The van der Waals surface area contributed by atoms with Crippen LogP contribution in [0.25, 0.3) is 0 Å². The van der Waals surface area contributed by atoms with E-state index in [1.807, 2.05) is 30.3 Å². The summed E-state index contributed by atoms with van der Waals surface area (Å²) in [6, 6.07) is 19.2. The first kappa shape index (κ1) is 30.7. The van der Waals surface area contributed by atoms with Crippen LogP contribution in [0.4, 0.5) is 22.7 Å². The van der Waals surface area contributed by atoms with Crippen molar-refractivity contribution in [1.82, 2.24) is 0 Å². The van der Waals surface area contributed by atoms with Crippen molar-refractivity contribution in [2.75, 3.05) is 36.1 Å². The molecule has 0 aliphatic heterocycles. The number of unbranched alkanes of at least 4 members (excludes halogenated alkanes) is 3. The van der Waals surface area contributed by atoms with Crippen LogP contribution < -0.4 is 32.4 Å². The Kier molecular flexibility index (Phi) is 11.2. The summed E-state index contributed by atoms with van der Waals surface area (Å²) in [7, 11) is 0. The fourth-order valence-electron chi connectivity index (χ4n) is 3.71. The van der Waals surface area contributed by atoms with Gasteiger partial charge in [-0.2, -0.15) is 0 Å². The lowest BCUT2D eigenvalue weighted by Crippen LogP contribution is -2.16. The first-order chi connectivity index (χ1) is 17.8. The predicted molar refractivity (Wildman–Crippen MR) is 164 cm³/mol. The fourth-order valence-corrected chi connectivity index (χ4v) is 3.71. The van der Waals surface area contributed by atoms with E-state index in [2.05, 4.69) is 59.7 Å². The molecule has 0 aliphatic rings. The van der Waals surface area contributed by atoms with Crippen molar-refractivity contribution in [2.24, 2.45) is 0 Å². The van der Waals surface area contributed by atoms with Gasteiger partial charge in [0.1, 0.15) is 11.5 Å². The van der Waals surface area contributed by atoms with Crippen LogP contribution in [0.1, 0.15) is 78.4 Å². The Labute approximate surface area is 229 Å². The van der Waals surface area contributed by atoms with Gasteiger partial charge in [0.2, 0.25) is 0 Å². The molecule has 3 aromatic rings. The second kappa shape index (κ2) is 13.8. The van der Waals surface area contributed by atoms with Gasteiger partial charge in [0.15, 0.2) is 0 Å². The van der Waals surface area contributed by atoms with Gasteiger partial charge in [0, 0.05) is 17.1 Å². The highest BCUT2D eigenvalue weighted by molar-refractivity contribution is 5.60. The first-order valence-corrected chi connectivity index (χ1v) is 13.4. The number of benzene rings is 3. The van der Waals surface area contributed by atoms with E-state index in [1.54, 1.807) is 12.1 Å². The number of hydrogen-bond donors (Lipinski definition) is 4. The molecule has 0 saturated carbocycles. The molecule has 0 spiro atoms. The summed E-state index contributed by atoms with van der Waals surface area (Å²) >= 11 is 0. The Morgan fingerprint density at radius 1 is 0.526 bits per heavy atom. The number of nitrogens with two attached hydrogens (primary N) is 4. The molecule has 6 heteroatoms. The highest BCUT2D eigenvalue weighted by Gasteiger charge is 2.19. The largest absolute Gasteiger partial charge is 0.494 e. The molecule has 0 unspecified atom stereocenters. The summed E-state index contributed by atoms with van der Waals surface area (Å²) in [6.45, 7) is 14.7. The van der Waals surface area contributed by atoms with Gasteiger partial charge < -0.3 is 32.4 Å². The molecule has 38 heavy (non-hydrogen) atoms. The third-order valence-corrected chi connectivity index (χ3v) is 6.17. The monoisotopic (exact) mass is 520 g/mol. The van der Waals surface area contributed by atoms with E-state index in [0.29, 0.717) is 23.7 Å². The van der Waals surface area contributed by atoms with Crippen molar-refractivity contribution >= 4 is 22.7 Å². The van der Waals surface area contributed by atoms with Crippen LogP contribution in [-0.4, -0.2) is 13.2 Å². The molecule has 3 aromatic carbocycles. The van der Waals surface area contributed by atoms with E-state index in [1.165, 1.54) is 11.1 Å². The van der Waals surface area contributed by atoms with Crippen LogP contribution in [-0.2, 0) is 10.8 Å². The summed E-state index contributed by atoms with van der Waals surface area (Å²) in [6.07, 6.45) is 4.22. The molecule has 0 aliphatic carbocycles. The maximum Gasteiger partial charge on any atom is 0.142 e. The quantitative estimate of drug-likeness (QED) is 0.173. The molecule has 0 aromatic heterocycles. The smallest absolute Gasteiger partial charge is 0.142 e. The van der Waals surface area contributed by atoms with Crippen molar-refractivity contribution in [3.8, 4) is 11.5 Å². The number of rotatable bonds is 9. The zero-order valence-corrected chi connectivity index (χ0v) is 24.1. The SMILES string of the molecule is CC(C)(C)c1cc(N)cc(C(C)(C)C)c1.Nc1ccc(OCCCCCCOc2ccc(N)cc2N)cc1. The van der Waals surface area contributed by atoms with Gasteiger partial charge in [-0.05, 0) is 102 Å². The maximum atomic E-state index is 5.95. The van der Waals surface area contributed by atoms with E-state index >= 15 is 0 Å². The van der Waals surface area contributed by atoms with Crippen LogP contribution in [0.3, 0.4) is 0 Å². The summed E-state index contributed by atoms with van der Waals surface area (Å²) in [5.74, 6) is 1.56. The van der Waals surface area contributed by atoms with Crippen LogP contribution in [0.2, 0.25) is 0 Å². The minimum atomic E-state index is 0.162. The van der Waals surface area contributed by atoms with Crippen LogP contribution in [0, 0.1) is 0 Å². The molecule has 6 nitrogen and oxygen atoms in total. The molecular formula is C32H48N4O2. The lowest BCUT2D eigenvalue weighted by Gasteiger charge is -2.25. The zero-order chi connectivity index (χ0) is 28.3. The van der Waals surface area contributed by atoms with Gasteiger partial charge in [-0.3, -0.25) is 0 Å². The highest BCUT2D eigenvalue weighted by Crippen LogP contribution is 2.31. The molecule has 0 heterocycles. The Bertz CT molecular complexity index is 1100. The van der Waals surface area contributed by atoms with E-state index in [0.717, 1.165) is 49.4 Å². The first-order valence-electron chi connectivity index (χ1n) is 13.4. The second-order valence-corrected chi connectivity index (χ2v) is 11.8. The second-order valence-electron chi connectivity index (χ2n) is 11.8. The Morgan fingerprint density at radius 3 is 1.53 bits per heavy atom. The number of anilines is 4. The van der Waals surface area contributed by atoms with Crippen molar-refractivity contribution in [2.45, 2.75) is 78.1 Å². The van der Waals surface area contributed by atoms with E-state index in [9.17, 15) is 0 Å². The van der Waals surface area contributed by atoms with Gasteiger partial charge in [-0.15, -0.1) is 0 Å². The predicted octanol–water partition coefficient (Wildman–Crippen LogP) is 7.32. The Balaban J connectivity index is 0.000000293. The molecule has 0 bridgehead atoms. The van der Waals surface area contributed by atoms with E-state index < -0.39 is 0 Å². The summed E-state index contributed by atoms with van der Waals surface area (Å²) in [5, 5.41) is 0. The van der Waals surface area contributed by atoms with E-state index in [4.69, 9.17) is 32.4 Å². The number of nitrogen functional groups attached to an aromatic ring is 4. The molecule has 0 radical (unpaired) electrons. The lowest BCUT2D eigenvalue weighted by molar-refractivity contribution is 0.288. The van der Waals surface area contributed by atoms with Gasteiger partial charge >= 0.3 is 0 Å². The lowest BCUT2D eigenvalue weighted by atomic mass is 9.80. The molecule has 0 amide bonds. The number of hydrogen-bond acceptors (Lipinski definition) is 6. The molecule has 0 saturated heterocycles. The normalized spacial score (nSPS) is 11.4. The van der Waals surface area contributed by atoms with Crippen molar-refractivity contribution in [3.05, 3.63) is 71.8 Å². The summed E-state index contributed by atoms with van der Waals surface area (Å²) in [4.78, 5) is 0. The van der Waals surface area contributed by atoms with Crippen molar-refractivity contribution in [1.29, 1.82) is 0 Å². The third kappa shape index (κ3) is 10.8. The average Bonchev–Trinajstić information content (AvgIpc) is 2.82. The van der Waals surface area contributed by atoms with Gasteiger partial charge in [0.25, 0.3) is 0 Å². The van der Waals surface area contributed by atoms with Crippen LogP contribution in [0.15, 0.2) is 60.7 Å². The molecule has 8 N–H and O–H groups in total. The molecule has 208 valence electrons. The molecule has 0 atom stereocenters. The van der Waals surface area contributed by atoms with Crippen molar-refractivity contribution in [3.63, 3.8) is 0 Å². The summed E-state index contributed by atoms with van der Waals surface area (Å²) in [5.41, 5.74) is 28.9. The molecule has 0 fully saturated rings.